The number of rotatable bonds is 7. The molecule has 0 aromatic carbocycles. The van der Waals surface area contributed by atoms with Crippen molar-refractivity contribution in [2.75, 3.05) is 19.8 Å². The second-order valence-electron chi connectivity index (χ2n) is 5.68. The summed E-state index contributed by atoms with van der Waals surface area (Å²) in [7, 11) is 0. The number of aromatic nitrogens is 1. The normalized spacial score (nSPS) is 13.0. The highest BCUT2D eigenvalue weighted by atomic mass is 32.1. The molecule has 1 aromatic rings. The van der Waals surface area contributed by atoms with Gasteiger partial charge in [0.25, 0.3) is 0 Å². The fourth-order valence-electron chi connectivity index (χ4n) is 1.49. The smallest absolute Gasteiger partial charge is 0.353 e. The second kappa shape index (κ2) is 7.72. The maximum Gasteiger partial charge on any atom is 0.353 e. The van der Waals surface area contributed by atoms with Crippen LogP contribution in [0.4, 0.5) is 0 Å². The number of thiazole rings is 1. The molecular weight excluding hydrogens is 292 g/mol. The molecule has 2 N–H and O–H groups in total. The molecule has 0 aliphatic rings. The number of carbonyl (C=O) groups excluding carboxylic acids is 1. The third kappa shape index (κ3) is 6.41. The van der Waals surface area contributed by atoms with Crippen LogP contribution < -0.4 is 10.1 Å². The number of hydrogen-bond donors (Lipinski definition) is 2. The summed E-state index contributed by atoms with van der Waals surface area (Å²) in [5.74, 6) is -0.217. The summed E-state index contributed by atoms with van der Waals surface area (Å²) in [5, 5.41) is 13.8. The van der Waals surface area contributed by atoms with Crippen LogP contribution in [-0.2, 0) is 4.74 Å². The molecule has 0 radical (unpaired) electrons. The highest BCUT2D eigenvalue weighted by molar-refractivity contribution is 7.13. The molecule has 1 aromatic heterocycles. The summed E-state index contributed by atoms with van der Waals surface area (Å²) in [4.78, 5) is 16.3. The summed E-state index contributed by atoms with van der Waals surface area (Å²) in [5.41, 5.74) is -0.0751. The van der Waals surface area contributed by atoms with Gasteiger partial charge in [-0.1, -0.05) is 0 Å². The minimum Gasteiger partial charge on any atom is -0.474 e. The molecule has 1 rings (SSSR count). The van der Waals surface area contributed by atoms with Crippen molar-refractivity contribution in [2.45, 2.75) is 46.3 Å². The van der Waals surface area contributed by atoms with E-state index in [9.17, 15) is 9.90 Å². The Morgan fingerprint density at radius 3 is 2.71 bits per heavy atom. The fourth-order valence-corrected chi connectivity index (χ4v) is 2.25. The lowest BCUT2D eigenvalue weighted by atomic mass is 10.1. The van der Waals surface area contributed by atoms with E-state index < -0.39 is 12.1 Å². The van der Waals surface area contributed by atoms with E-state index in [-0.39, 0.29) is 18.0 Å². The van der Waals surface area contributed by atoms with Gasteiger partial charge in [0.2, 0.25) is 5.88 Å². The van der Waals surface area contributed by atoms with Crippen LogP contribution in [0.25, 0.3) is 0 Å². The number of aliphatic hydroxyl groups is 1. The predicted molar refractivity (Wildman–Crippen MR) is 82.1 cm³/mol. The molecular formula is C14H24N2O4S. The molecule has 0 spiro atoms. The second-order valence-corrected chi connectivity index (χ2v) is 6.89. The largest absolute Gasteiger partial charge is 0.474 e. The quantitative estimate of drug-likeness (QED) is 0.746. The number of ether oxygens (including phenoxy) is 2. The van der Waals surface area contributed by atoms with Crippen LogP contribution in [0.3, 0.4) is 0 Å². The Labute approximate surface area is 129 Å². The number of nitrogens with zero attached hydrogens (tertiary/aromatic N) is 1. The summed E-state index contributed by atoms with van der Waals surface area (Å²) in [6, 6.07) is 0. The Hall–Kier alpha value is -1.18. The first-order valence-corrected chi connectivity index (χ1v) is 7.75. The van der Waals surface area contributed by atoms with Crippen LogP contribution >= 0.6 is 11.3 Å². The average Bonchev–Trinajstić information content (AvgIpc) is 2.74. The van der Waals surface area contributed by atoms with Crippen molar-refractivity contribution in [3.63, 3.8) is 0 Å². The van der Waals surface area contributed by atoms with Gasteiger partial charge in [-0.2, -0.15) is 0 Å². The van der Waals surface area contributed by atoms with Gasteiger partial charge >= 0.3 is 5.97 Å². The van der Waals surface area contributed by atoms with E-state index in [0.29, 0.717) is 18.0 Å². The van der Waals surface area contributed by atoms with E-state index in [1.54, 1.807) is 13.8 Å². The first-order chi connectivity index (χ1) is 9.73. The van der Waals surface area contributed by atoms with Crippen LogP contribution in [0.2, 0.25) is 0 Å². The maximum absolute atomic E-state index is 11.8. The number of nitrogens with one attached hydrogen (secondary N) is 1. The van der Waals surface area contributed by atoms with E-state index in [4.69, 9.17) is 9.47 Å². The Balaban J connectivity index is 2.57. The van der Waals surface area contributed by atoms with Gasteiger partial charge in [-0.05, 0) is 34.6 Å². The molecule has 7 heteroatoms. The highest BCUT2D eigenvalue weighted by Gasteiger charge is 2.20. The van der Waals surface area contributed by atoms with Gasteiger partial charge in [-0.3, -0.25) is 0 Å². The van der Waals surface area contributed by atoms with Crippen molar-refractivity contribution >= 4 is 17.3 Å². The average molecular weight is 316 g/mol. The number of aryl methyl sites for hydroxylation is 1. The summed E-state index contributed by atoms with van der Waals surface area (Å²) in [6.45, 7) is 10.4. The third-order valence-corrected chi connectivity index (χ3v) is 3.38. The van der Waals surface area contributed by atoms with Gasteiger partial charge in [0.15, 0.2) is 4.88 Å². The number of esters is 1. The van der Waals surface area contributed by atoms with Gasteiger partial charge in [0.1, 0.15) is 12.7 Å². The molecule has 1 unspecified atom stereocenters. The molecule has 6 nitrogen and oxygen atoms in total. The summed E-state index contributed by atoms with van der Waals surface area (Å²) in [6.07, 6.45) is -0.679. The van der Waals surface area contributed by atoms with Crippen molar-refractivity contribution in [1.29, 1.82) is 0 Å². The Bertz CT molecular complexity index is 468. The first kappa shape index (κ1) is 17.9. The van der Waals surface area contributed by atoms with Gasteiger partial charge in [0.05, 0.1) is 11.6 Å². The van der Waals surface area contributed by atoms with Crippen LogP contribution in [0.5, 0.6) is 5.88 Å². The van der Waals surface area contributed by atoms with Gasteiger partial charge in [-0.15, -0.1) is 11.3 Å². The Morgan fingerprint density at radius 2 is 2.14 bits per heavy atom. The van der Waals surface area contributed by atoms with Gasteiger partial charge in [0, 0.05) is 12.1 Å². The molecule has 0 saturated carbocycles. The number of hydrogen-bond acceptors (Lipinski definition) is 7. The zero-order valence-corrected chi connectivity index (χ0v) is 14.0. The van der Waals surface area contributed by atoms with Crippen molar-refractivity contribution in [3.8, 4) is 5.88 Å². The van der Waals surface area contributed by atoms with Gasteiger partial charge in [-0.25, -0.2) is 9.78 Å². The summed E-state index contributed by atoms with van der Waals surface area (Å²) < 4.78 is 10.4. The molecule has 0 bridgehead atoms. The molecule has 0 aliphatic heterocycles. The topological polar surface area (TPSA) is 80.7 Å². The lowest BCUT2D eigenvalue weighted by Crippen LogP contribution is -2.42. The molecule has 120 valence electrons. The fraction of sp³-hybridized carbons (Fsp3) is 0.714. The van der Waals surface area contributed by atoms with E-state index >= 15 is 0 Å². The summed E-state index contributed by atoms with van der Waals surface area (Å²) >= 11 is 1.22. The van der Waals surface area contributed by atoms with Crippen LogP contribution in [-0.4, -0.2) is 47.5 Å². The SMILES string of the molecule is CCOC(=O)c1sc(C)nc1OCC(O)CNC(C)(C)C. The van der Waals surface area contributed by atoms with Crippen molar-refractivity contribution in [2.24, 2.45) is 0 Å². The Morgan fingerprint density at radius 1 is 1.48 bits per heavy atom. The standard InChI is InChI=1S/C14H24N2O4S/c1-6-19-13(18)11-12(16-9(2)21-11)20-8-10(17)7-15-14(3,4)5/h10,15,17H,6-8H2,1-5H3. The third-order valence-electron chi connectivity index (χ3n) is 2.44. The van der Waals surface area contributed by atoms with E-state index in [1.807, 2.05) is 20.8 Å². The minimum atomic E-state index is -0.679. The number of aliphatic hydroxyl groups excluding tert-OH is 1. The monoisotopic (exact) mass is 316 g/mol. The number of carbonyl (C=O) groups is 1. The van der Waals surface area contributed by atoms with Gasteiger partial charge < -0.3 is 19.9 Å². The van der Waals surface area contributed by atoms with E-state index in [1.165, 1.54) is 11.3 Å². The van der Waals surface area contributed by atoms with Crippen LogP contribution in [0, 0.1) is 6.92 Å². The number of β-amino-alcohol motifs (C(OH)–C–C–N with tert-alkyl or cyclic N) is 1. The van der Waals surface area contributed by atoms with Crippen molar-refractivity contribution < 1.29 is 19.4 Å². The molecule has 0 saturated heterocycles. The van der Waals surface area contributed by atoms with E-state index in [2.05, 4.69) is 10.3 Å². The molecule has 21 heavy (non-hydrogen) atoms. The first-order valence-electron chi connectivity index (χ1n) is 6.93. The zero-order chi connectivity index (χ0) is 16.0. The molecule has 1 atom stereocenters. The Kier molecular flexibility index (Phi) is 6.57. The molecule has 1 heterocycles. The lowest BCUT2D eigenvalue weighted by Gasteiger charge is -2.22. The maximum atomic E-state index is 11.8. The lowest BCUT2D eigenvalue weighted by molar-refractivity contribution is 0.0520. The molecule has 0 amide bonds. The zero-order valence-electron chi connectivity index (χ0n) is 13.2. The predicted octanol–water partition coefficient (Wildman–Crippen LogP) is 1.76. The van der Waals surface area contributed by atoms with Crippen molar-refractivity contribution in [3.05, 3.63) is 9.88 Å². The molecule has 0 fully saturated rings. The van der Waals surface area contributed by atoms with Crippen molar-refractivity contribution in [1.82, 2.24) is 10.3 Å². The van der Waals surface area contributed by atoms with Crippen LogP contribution in [0.15, 0.2) is 0 Å². The molecule has 0 aliphatic carbocycles. The minimum absolute atomic E-state index is 0.0681. The van der Waals surface area contributed by atoms with Crippen LogP contribution in [0.1, 0.15) is 42.4 Å². The van der Waals surface area contributed by atoms with E-state index in [0.717, 1.165) is 5.01 Å². The highest BCUT2D eigenvalue weighted by Crippen LogP contribution is 2.25.